The maximum absolute atomic E-state index is 10.1. The molecule has 0 fully saturated rings. The molecule has 0 aliphatic carbocycles. The van der Waals surface area contributed by atoms with Gasteiger partial charge in [0.25, 0.3) is 5.69 Å². The second kappa shape index (κ2) is 16.6. The molecule has 21 heavy (non-hydrogen) atoms. The van der Waals surface area contributed by atoms with Crippen molar-refractivity contribution in [3.63, 3.8) is 0 Å². The molecular formula is C12H20N2O3S3Tc+2. The number of hydrogen-bond donors (Lipinski definition) is 3. The largest absolute Gasteiger partial charge is 4.00 e. The summed E-state index contributed by atoms with van der Waals surface area (Å²) in [6, 6.07) is 6.01. The fourth-order valence-corrected chi connectivity index (χ4v) is 2.00. The molecule has 119 valence electrons. The predicted molar refractivity (Wildman–Crippen MR) is 90.9 cm³/mol. The smallest absolute Gasteiger partial charge is 2.00 e. The Morgan fingerprint density at radius 3 is 1.86 bits per heavy atom. The third-order valence-corrected chi connectivity index (χ3v) is 3.04. The molecule has 0 aliphatic rings. The summed E-state index contributed by atoms with van der Waals surface area (Å²) >= 11 is 12.3. The van der Waals surface area contributed by atoms with Crippen LogP contribution in [0.1, 0.15) is 6.92 Å². The minimum Gasteiger partial charge on any atom is -2.00 e. The Morgan fingerprint density at radius 1 is 1.14 bits per heavy atom. The summed E-state index contributed by atoms with van der Waals surface area (Å²) in [6.45, 7) is 5.44. The van der Waals surface area contributed by atoms with Crippen molar-refractivity contribution in [3.05, 3.63) is 34.4 Å². The number of non-ortho nitro benzene ring substituents is 1. The zero-order valence-electron chi connectivity index (χ0n) is 11.7. The summed E-state index contributed by atoms with van der Waals surface area (Å²) in [5.41, 5.74) is 0.0952. The van der Waals surface area contributed by atoms with Crippen LogP contribution in [0.25, 0.3) is 0 Å². The molecule has 0 amide bonds. The van der Waals surface area contributed by atoms with Gasteiger partial charge >= 0.3 is 20.1 Å². The van der Waals surface area contributed by atoms with E-state index >= 15 is 0 Å². The van der Waals surface area contributed by atoms with Crippen molar-refractivity contribution < 1.29 is 30.5 Å². The first kappa shape index (κ1) is 26.2. The Morgan fingerprint density at radius 2 is 1.57 bits per heavy atom. The summed E-state index contributed by atoms with van der Waals surface area (Å²) in [7, 11) is 0. The first-order chi connectivity index (χ1) is 9.04. The normalized spacial score (nSPS) is 9.00. The average molecular weight is 435 g/mol. The van der Waals surface area contributed by atoms with Crippen LogP contribution in [0, 0.1) is 10.1 Å². The summed E-state index contributed by atoms with van der Waals surface area (Å²) in [6.07, 6.45) is 0. The van der Waals surface area contributed by atoms with Gasteiger partial charge in [0.1, 0.15) is 0 Å². The minimum absolute atomic E-state index is 0. The van der Waals surface area contributed by atoms with Crippen molar-refractivity contribution in [2.45, 2.75) is 11.8 Å². The van der Waals surface area contributed by atoms with Crippen molar-refractivity contribution in [1.29, 1.82) is 0 Å². The van der Waals surface area contributed by atoms with Crippen LogP contribution in [0.3, 0.4) is 0 Å². The van der Waals surface area contributed by atoms with Crippen molar-refractivity contribution >= 4 is 43.6 Å². The van der Waals surface area contributed by atoms with E-state index in [9.17, 15) is 10.1 Å². The van der Waals surface area contributed by atoms with Crippen molar-refractivity contribution in [2.75, 3.05) is 31.1 Å². The molecule has 0 bridgehead atoms. The van der Waals surface area contributed by atoms with E-state index in [4.69, 9.17) is 0 Å². The van der Waals surface area contributed by atoms with Crippen LogP contribution in [0.4, 0.5) is 5.69 Å². The maximum atomic E-state index is 10.1. The van der Waals surface area contributed by atoms with Gasteiger partial charge in [0.15, 0.2) is 0 Å². The average Bonchev–Trinajstić information content (AvgIpc) is 2.39. The minimum atomic E-state index is -0.437. The van der Waals surface area contributed by atoms with Gasteiger partial charge in [0.2, 0.25) is 0 Å². The van der Waals surface area contributed by atoms with Crippen LogP contribution in [-0.4, -0.2) is 41.0 Å². The summed E-state index contributed by atoms with van der Waals surface area (Å²) < 4.78 is 0. The molecule has 5 nitrogen and oxygen atoms in total. The number of nitro benzene ring substituents is 1. The van der Waals surface area contributed by atoms with Gasteiger partial charge in [0, 0.05) is 41.6 Å². The first-order valence-electron chi connectivity index (χ1n) is 5.92. The van der Waals surface area contributed by atoms with Gasteiger partial charge in [-0.05, 0) is 18.7 Å². The van der Waals surface area contributed by atoms with Gasteiger partial charge in [-0.3, -0.25) is 10.1 Å². The predicted octanol–water partition coefficient (Wildman–Crippen LogP) is 2.93. The molecule has 0 saturated heterocycles. The molecule has 1 radical (unpaired) electrons. The van der Waals surface area contributed by atoms with Gasteiger partial charge in [-0.25, -0.2) is 0 Å². The maximum Gasteiger partial charge on any atom is 4.00 e. The van der Waals surface area contributed by atoms with Crippen molar-refractivity contribution in [2.24, 2.45) is 0 Å². The number of nitro groups is 1. The Labute approximate surface area is 155 Å². The van der Waals surface area contributed by atoms with Crippen LogP contribution in [0.15, 0.2) is 29.2 Å². The Hall–Kier alpha value is 0.239. The molecule has 1 aromatic rings. The van der Waals surface area contributed by atoms with Gasteiger partial charge in [0.05, 0.1) is 4.92 Å². The van der Waals surface area contributed by atoms with E-state index in [0.717, 1.165) is 36.0 Å². The SMILES string of the molecule is CCN(CCS)CCS.O=[N+]([O-])c1ccc(S)cc1.[O-2].[Tc+4]. The van der Waals surface area contributed by atoms with Crippen LogP contribution in [-0.2, 0) is 25.6 Å². The van der Waals surface area contributed by atoms with Crippen LogP contribution in [0.5, 0.6) is 0 Å². The zero-order chi connectivity index (χ0) is 14.7. The topological polar surface area (TPSA) is 74.9 Å². The molecule has 1 rings (SSSR count). The number of benzene rings is 1. The van der Waals surface area contributed by atoms with Crippen LogP contribution < -0.4 is 0 Å². The third-order valence-electron chi connectivity index (χ3n) is 2.34. The van der Waals surface area contributed by atoms with E-state index in [-0.39, 0.29) is 31.3 Å². The standard InChI is InChI=1S/C6H5NO2S.C6H15NS2.O.Tc/c8-7(9)5-1-3-6(10)4-2-5;1-2-7(3-5-8)4-6-9;;/h1-4,10H;8-9H,2-6H2,1H3;;/q;;-2;+4. The molecule has 0 aromatic heterocycles. The van der Waals surface area contributed by atoms with Gasteiger partial charge in [-0.2, -0.15) is 25.3 Å². The van der Waals surface area contributed by atoms with E-state index in [1.165, 1.54) is 12.1 Å². The first-order valence-corrected chi connectivity index (χ1v) is 7.63. The van der Waals surface area contributed by atoms with Crippen LogP contribution in [0.2, 0.25) is 0 Å². The molecule has 0 heterocycles. The van der Waals surface area contributed by atoms with E-state index in [1.54, 1.807) is 12.1 Å². The molecular weight excluding hydrogens is 414 g/mol. The summed E-state index contributed by atoms with van der Waals surface area (Å²) in [5, 5.41) is 10.1. The van der Waals surface area contributed by atoms with E-state index < -0.39 is 4.92 Å². The Bertz CT molecular complexity index is 363. The molecule has 0 spiro atoms. The van der Waals surface area contributed by atoms with Gasteiger partial charge in [-0.1, -0.05) is 6.92 Å². The fourth-order valence-electron chi connectivity index (χ4n) is 1.29. The monoisotopic (exact) mass is 433 g/mol. The van der Waals surface area contributed by atoms with Gasteiger partial charge < -0.3 is 10.4 Å². The van der Waals surface area contributed by atoms with Crippen molar-refractivity contribution in [3.8, 4) is 0 Å². The fraction of sp³-hybridized carbons (Fsp3) is 0.500. The molecule has 0 unspecified atom stereocenters. The van der Waals surface area contributed by atoms with E-state index in [1.807, 2.05) is 0 Å². The van der Waals surface area contributed by atoms with E-state index in [0.29, 0.717) is 0 Å². The number of hydrogen-bond acceptors (Lipinski definition) is 6. The quantitative estimate of drug-likeness (QED) is 0.366. The second-order valence-corrected chi connectivity index (χ2v) is 5.07. The van der Waals surface area contributed by atoms with Crippen molar-refractivity contribution in [1.82, 2.24) is 4.90 Å². The number of thiol groups is 3. The zero-order valence-corrected chi connectivity index (χ0v) is 16.2. The van der Waals surface area contributed by atoms with Crippen LogP contribution >= 0.6 is 37.9 Å². The molecule has 0 aliphatic heterocycles. The Balaban J connectivity index is -0.000000284. The second-order valence-electron chi connectivity index (χ2n) is 3.65. The van der Waals surface area contributed by atoms with Gasteiger partial charge in [-0.15, -0.1) is 12.6 Å². The van der Waals surface area contributed by atoms with E-state index in [2.05, 4.69) is 49.7 Å². The molecule has 9 heteroatoms. The number of nitrogens with zero attached hydrogens (tertiary/aromatic N) is 2. The third kappa shape index (κ3) is 13.6. The number of rotatable bonds is 6. The molecule has 1 aromatic carbocycles. The summed E-state index contributed by atoms with van der Waals surface area (Å²) in [4.78, 5) is 12.7. The molecule has 0 atom stereocenters. The molecule has 0 N–H and O–H groups in total. The Kier molecular flexibility index (Phi) is 20.7. The molecule has 0 saturated carbocycles. The summed E-state index contributed by atoms with van der Waals surface area (Å²) in [5.74, 6) is 1.89.